The van der Waals surface area contributed by atoms with Crippen LogP contribution < -0.4 is 9.47 Å². The van der Waals surface area contributed by atoms with Crippen molar-refractivity contribution < 1.29 is 23.6 Å². The number of nitro groups is 1. The SMILES string of the molecule is COc1ccc(CN2CCN(C(=O)/C=C/c3ccc([N+](=O)[O-])o3)CC2)cc1OC. The van der Waals surface area contributed by atoms with Crippen molar-refractivity contribution >= 4 is 17.9 Å². The van der Waals surface area contributed by atoms with Crippen molar-refractivity contribution in [3.8, 4) is 11.5 Å². The number of hydrogen-bond acceptors (Lipinski definition) is 7. The van der Waals surface area contributed by atoms with Crippen LogP contribution in [0.5, 0.6) is 11.5 Å². The molecule has 0 bridgehead atoms. The molecule has 1 aromatic carbocycles. The van der Waals surface area contributed by atoms with Crippen molar-refractivity contribution in [1.82, 2.24) is 9.80 Å². The zero-order valence-corrected chi connectivity index (χ0v) is 16.4. The normalized spacial score (nSPS) is 14.9. The first-order valence-corrected chi connectivity index (χ1v) is 9.14. The lowest BCUT2D eigenvalue weighted by molar-refractivity contribution is -0.402. The number of furan rings is 1. The van der Waals surface area contributed by atoms with Gasteiger partial charge in [0.25, 0.3) is 0 Å². The average Bonchev–Trinajstić information content (AvgIpc) is 3.22. The van der Waals surface area contributed by atoms with Crippen LogP contribution in [0, 0.1) is 10.1 Å². The third-order valence-electron chi connectivity index (χ3n) is 4.72. The number of benzene rings is 1. The predicted octanol–water partition coefficient (Wildman–Crippen LogP) is 2.56. The van der Waals surface area contributed by atoms with Crippen molar-refractivity contribution in [1.29, 1.82) is 0 Å². The van der Waals surface area contributed by atoms with Gasteiger partial charge in [0.05, 0.1) is 20.3 Å². The number of ether oxygens (including phenoxy) is 2. The van der Waals surface area contributed by atoms with Gasteiger partial charge >= 0.3 is 5.88 Å². The van der Waals surface area contributed by atoms with Gasteiger partial charge in [-0.15, -0.1) is 0 Å². The molecule has 2 heterocycles. The summed E-state index contributed by atoms with van der Waals surface area (Å²) in [6.45, 7) is 3.47. The summed E-state index contributed by atoms with van der Waals surface area (Å²) >= 11 is 0. The average molecular weight is 401 g/mol. The lowest BCUT2D eigenvalue weighted by atomic mass is 10.1. The van der Waals surface area contributed by atoms with Gasteiger partial charge in [0.1, 0.15) is 10.7 Å². The van der Waals surface area contributed by atoms with Crippen LogP contribution in [0.1, 0.15) is 11.3 Å². The van der Waals surface area contributed by atoms with E-state index >= 15 is 0 Å². The fraction of sp³-hybridized carbons (Fsp3) is 0.350. The monoisotopic (exact) mass is 401 g/mol. The number of hydrogen-bond donors (Lipinski definition) is 0. The molecule has 1 aromatic heterocycles. The summed E-state index contributed by atoms with van der Waals surface area (Å²) in [5, 5.41) is 10.6. The van der Waals surface area contributed by atoms with Gasteiger partial charge in [-0.2, -0.15) is 0 Å². The van der Waals surface area contributed by atoms with Crippen molar-refractivity contribution in [3.05, 3.63) is 57.8 Å². The molecule has 29 heavy (non-hydrogen) atoms. The highest BCUT2D eigenvalue weighted by molar-refractivity contribution is 5.91. The topological polar surface area (TPSA) is 98.3 Å². The van der Waals surface area contributed by atoms with Crippen LogP contribution in [0.15, 0.2) is 40.8 Å². The highest BCUT2D eigenvalue weighted by Crippen LogP contribution is 2.28. The maximum atomic E-state index is 12.3. The predicted molar refractivity (Wildman–Crippen MR) is 106 cm³/mol. The fourth-order valence-corrected chi connectivity index (χ4v) is 3.15. The Bertz CT molecular complexity index is 899. The highest BCUT2D eigenvalue weighted by Gasteiger charge is 2.20. The molecule has 1 aliphatic heterocycles. The minimum Gasteiger partial charge on any atom is -0.493 e. The second kappa shape index (κ2) is 9.24. The van der Waals surface area contributed by atoms with Gasteiger partial charge in [-0.3, -0.25) is 19.8 Å². The smallest absolute Gasteiger partial charge is 0.433 e. The van der Waals surface area contributed by atoms with Gasteiger partial charge in [-0.25, -0.2) is 0 Å². The van der Waals surface area contributed by atoms with Gasteiger partial charge in [0, 0.05) is 38.8 Å². The molecule has 0 unspecified atom stereocenters. The second-order valence-corrected chi connectivity index (χ2v) is 6.56. The Morgan fingerprint density at radius 2 is 1.86 bits per heavy atom. The van der Waals surface area contributed by atoms with Crippen LogP contribution in [0.2, 0.25) is 0 Å². The van der Waals surface area contributed by atoms with Crippen LogP contribution in [-0.2, 0) is 11.3 Å². The number of rotatable bonds is 7. The van der Waals surface area contributed by atoms with Crippen LogP contribution in [0.25, 0.3) is 6.08 Å². The number of amides is 1. The molecular weight excluding hydrogens is 378 g/mol. The summed E-state index contributed by atoms with van der Waals surface area (Å²) < 4.78 is 15.6. The summed E-state index contributed by atoms with van der Waals surface area (Å²) in [5.74, 6) is 1.18. The van der Waals surface area contributed by atoms with E-state index in [2.05, 4.69) is 4.90 Å². The number of nitrogens with zero attached hydrogens (tertiary/aromatic N) is 3. The first-order chi connectivity index (χ1) is 14.0. The van der Waals surface area contributed by atoms with Crippen LogP contribution >= 0.6 is 0 Å². The van der Waals surface area contributed by atoms with Crippen LogP contribution in [0.3, 0.4) is 0 Å². The second-order valence-electron chi connectivity index (χ2n) is 6.56. The highest BCUT2D eigenvalue weighted by atomic mass is 16.6. The van der Waals surface area contributed by atoms with Gasteiger partial charge < -0.3 is 18.8 Å². The molecule has 3 rings (SSSR count). The number of methoxy groups -OCH3 is 2. The van der Waals surface area contributed by atoms with Crippen molar-refractivity contribution in [2.75, 3.05) is 40.4 Å². The van der Waals surface area contributed by atoms with Gasteiger partial charge in [0.2, 0.25) is 5.91 Å². The molecule has 0 atom stereocenters. The molecule has 0 radical (unpaired) electrons. The van der Waals surface area contributed by atoms with E-state index in [1.165, 1.54) is 24.3 Å². The number of piperazine rings is 1. The minimum absolute atomic E-state index is 0.144. The number of carbonyl (C=O) groups excluding carboxylic acids is 1. The summed E-state index contributed by atoms with van der Waals surface area (Å²) in [5.41, 5.74) is 1.11. The van der Waals surface area contributed by atoms with Crippen molar-refractivity contribution in [2.45, 2.75) is 6.54 Å². The van der Waals surface area contributed by atoms with Crippen LogP contribution in [-0.4, -0.2) is 61.0 Å². The molecule has 0 saturated carbocycles. The third kappa shape index (κ3) is 5.14. The molecular formula is C20H23N3O6. The zero-order chi connectivity index (χ0) is 20.8. The Morgan fingerprint density at radius 1 is 1.14 bits per heavy atom. The minimum atomic E-state index is -0.614. The summed E-state index contributed by atoms with van der Waals surface area (Å²) in [7, 11) is 3.22. The molecule has 1 aliphatic rings. The lowest BCUT2D eigenvalue weighted by Gasteiger charge is -2.34. The Hall–Kier alpha value is -3.33. The molecule has 1 fully saturated rings. The van der Waals surface area contributed by atoms with E-state index in [4.69, 9.17) is 13.9 Å². The Balaban J connectivity index is 1.51. The molecule has 9 nitrogen and oxygen atoms in total. The van der Waals surface area contributed by atoms with Crippen LogP contribution in [0.4, 0.5) is 5.88 Å². The quantitative estimate of drug-likeness (QED) is 0.399. The van der Waals surface area contributed by atoms with Gasteiger partial charge in [-0.05, 0) is 29.8 Å². The summed E-state index contributed by atoms with van der Waals surface area (Å²) in [6, 6.07) is 8.57. The summed E-state index contributed by atoms with van der Waals surface area (Å²) in [4.78, 5) is 26.4. The summed E-state index contributed by atoms with van der Waals surface area (Å²) in [6.07, 6.45) is 2.83. The van der Waals surface area contributed by atoms with E-state index in [1.807, 2.05) is 18.2 Å². The first kappa shape index (κ1) is 20.4. The molecule has 0 N–H and O–H groups in total. The van der Waals surface area contributed by atoms with Crippen molar-refractivity contribution in [3.63, 3.8) is 0 Å². The maximum Gasteiger partial charge on any atom is 0.433 e. The Kier molecular flexibility index (Phi) is 6.50. The molecule has 1 saturated heterocycles. The van der Waals surface area contributed by atoms with E-state index in [-0.39, 0.29) is 17.6 Å². The van der Waals surface area contributed by atoms with E-state index < -0.39 is 4.92 Å². The van der Waals surface area contributed by atoms with Crippen molar-refractivity contribution in [2.24, 2.45) is 0 Å². The molecule has 0 spiro atoms. The first-order valence-electron chi connectivity index (χ1n) is 9.14. The molecule has 2 aromatic rings. The van der Waals surface area contributed by atoms with E-state index in [0.717, 1.165) is 25.2 Å². The Morgan fingerprint density at radius 3 is 2.48 bits per heavy atom. The van der Waals surface area contributed by atoms with Gasteiger partial charge in [-0.1, -0.05) is 6.07 Å². The maximum absolute atomic E-state index is 12.3. The standard InChI is InChI=1S/C20H23N3O6/c1-27-17-6-3-15(13-18(17)28-2)14-21-9-11-22(12-10-21)19(24)7-4-16-5-8-20(29-16)23(25)26/h3-8,13H,9-12,14H2,1-2H3/b7-4+. The third-order valence-corrected chi connectivity index (χ3v) is 4.72. The largest absolute Gasteiger partial charge is 0.493 e. The Labute approximate surface area is 168 Å². The zero-order valence-electron chi connectivity index (χ0n) is 16.4. The van der Waals surface area contributed by atoms with E-state index in [0.29, 0.717) is 24.6 Å². The van der Waals surface area contributed by atoms with E-state index in [9.17, 15) is 14.9 Å². The molecule has 9 heteroatoms. The molecule has 0 aliphatic carbocycles. The lowest BCUT2D eigenvalue weighted by Crippen LogP contribution is -2.47. The molecule has 1 amide bonds. The van der Waals surface area contributed by atoms with E-state index in [1.54, 1.807) is 19.1 Å². The van der Waals surface area contributed by atoms with Gasteiger partial charge in [0.15, 0.2) is 11.5 Å². The fourth-order valence-electron chi connectivity index (χ4n) is 3.15. The number of carbonyl (C=O) groups is 1. The molecule has 154 valence electrons.